The van der Waals surface area contributed by atoms with Crippen molar-refractivity contribution in [2.24, 2.45) is 5.92 Å². The number of nitrogens with zero attached hydrogens (tertiary/aromatic N) is 2. The van der Waals surface area contributed by atoms with Crippen molar-refractivity contribution in [1.82, 2.24) is 14.8 Å². The van der Waals surface area contributed by atoms with E-state index in [-0.39, 0.29) is 11.8 Å². The molecule has 2 heterocycles. The van der Waals surface area contributed by atoms with Gasteiger partial charge >= 0.3 is 5.97 Å². The zero-order valence-electron chi connectivity index (χ0n) is 32.3. The summed E-state index contributed by atoms with van der Waals surface area (Å²) in [4.78, 5) is 31.0. The minimum atomic E-state index is -0.654. The van der Waals surface area contributed by atoms with Crippen LogP contribution in [0, 0.1) is 5.92 Å². The molecule has 4 rings (SSSR count). The van der Waals surface area contributed by atoms with Gasteiger partial charge in [0.25, 0.3) is 0 Å². The lowest BCUT2D eigenvalue weighted by molar-refractivity contribution is -0.137. The van der Waals surface area contributed by atoms with Gasteiger partial charge in [-0.2, -0.15) is 0 Å². The van der Waals surface area contributed by atoms with E-state index in [2.05, 4.69) is 80.3 Å². The van der Waals surface area contributed by atoms with E-state index in [1.807, 2.05) is 4.90 Å². The molecule has 1 aliphatic heterocycles. The Morgan fingerprint density at radius 3 is 1.94 bits per heavy atom. The maximum atomic E-state index is 12.9. The maximum Gasteiger partial charge on any atom is 0.303 e. The molecule has 1 aromatic heterocycles. The summed E-state index contributed by atoms with van der Waals surface area (Å²) < 4.78 is 0. The van der Waals surface area contributed by atoms with Gasteiger partial charge in [0.1, 0.15) is 0 Å². The lowest BCUT2D eigenvalue weighted by atomic mass is 9.79. The number of aromatic nitrogens is 1. The van der Waals surface area contributed by atoms with E-state index in [1.165, 1.54) is 137 Å². The summed E-state index contributed by atoms with van der Waals surface area (Å²) in [6.45, 7) is 8.74. The number of H-pyrrole nitrogens is 1. The number of carboxylic acids is 1. The Kier molecular flexibility index (Phi) is 20.2. The number of allylic oxidation sites excluding steroid dienone is 2. The summed E-state index contributed by atoms with van der Waals surface area (Å²) >= 11 is 0. The number of amides is 1. The monoisotopic (exact) mass is 690 g/mol. The van der Waals surface area contributed by atoms with Crippen molar-refractivity contribution in [2.75, 3.05) is 26.7 Å². The largest absolute Gasteiger partial charge is 0.481 e. The fourth-order valence-corrected chi connectivity index (χ4v) is 7.78. The number of carbonyl (C=O) groups excluding carboxylic acids is 1. The van der Waals surface area contributed by atoms with Crippen molar-refractivity contribution < 1.29 is 14.7 Å². The number of hydrogen-bond acceptors (Lipinski definition) is 3. The molecule has 2 N–H and O–H groups in total. The van der Waals surface area contributed by atoms with Gasteiger partial charge in [0, 0.05) is 49.2 Å². The summed E-state index contributed by atoms with van der Waals surface area (Å²) in [5.74, 6) is -0.444. The average molecular weight is 690 g/mol. The molecule has 0 saturated heterocycles. The van der Waals surface area contributed by atoms with Gasteiger partial charge in [-0.25, -0.2) is 0 Å². The van der Waals surface area contributed by atoms with Crippen LogP contribution in [-0.4, -0.2) is 64.5 Å². The summed E-state index contributed by atoms with van der Waals surface area (Å²) in [6.07, 6.45) is 35.5. The quantitative estimate of drug-likeness (QED) is 0.0849. The molecule has 1 amide bonds. The summed E-state index contributed by atoms with van der Waals surface area (Å²) in [7, 11) is 2.15. The number of carboxylic acid groups (broad SMARTS) is 1. The molecule has 0 bridgehead atoms. The number of unbranched alkanes of at least 4 members (excludes halogenated alkanes) is 17. The second kappa shape index (κ2) is 24.3. The molecule has 0 spiro atoms. The Hall–Kier alpha value is -2.86. The number of benzene rings is 1. The minimum absolute atomic E-state index is 0.0445. The van der Waals surface area contributed by atoms with Crippen molar-refractivity contribution in [1.29, 1.82) is 0 Å². The Labute approximate surface area is 305 Å². The second-order valence-electron chi connectivity index (χ2n) is 14.8. The van der Waals surface area contributed by atoms with Crippen LogP contribution in [0.25, 0.3) is 16.5 Å². The van der Waals surface area contributed by atoms with Gasteiger partial charge in [-0.15, -0.1) is 0 Å². The number of aromatic amines is 1. The van der Waals surface area contributed by atoms with Crippen LogP contribution in [0.1, 0.15) is 160 Å². The standard InChI is InChI=1S/C24H46O2.C20H25N3O/c1-2-3-4-5-6-7-8-9-10-11-12-13-14-15-16-17-18-19-20-21-22-23-24(25)26;1-4-23(5-2)20(24)14-9-16-15-7-6-8-17-19(15)13(11-21-17)10-18(16)22(3)12-14/h9-10H,2-8,11-23H2,1H3,(H,25,26);6-9,11,14,18,21H,4-5,10,12H2,1-3H3/b10-9-;/t;14-,18-/m.1/s1. The Morgan fingerprint density at radius 1 is 0.820 bits per heavy atom. The van der Waals surface area contributed by atoms with Gasteiger partial charge in [-0.3, -0.25) is 14.5 Å². The van der Waals surface area contributed by atoms with Crippen LogP contribution >= 0.6 is 0 Å². The molecule has 280 valence electrons. The number of aliphatic carboxylic acids is 1. The van der Waals surface area contributed by atoms with Crippen LogP contribution in [0.15, 0.2) is 42.6 Å². The van der Waals surface area contributed by atoms with Gasteiger partial charge in [0.2, 0.25) is 5.91 Å². The van der Waals surface area contributed by atoms with Crippen molar-refractivity contribution >= 4 is 28.4 Å². The number of hydrogen-bond donors (Lipinski definition) is 2. The third-order valence-corrected chi connectivity index (χ3v) is 10.8. The summed E-state index contributed by atoms with van der Waals surface area (Å²) in [5, 5.41) is 9.91. The lowest BCUT2D eigenvalue weighted by Gasteiger charge is -2.40. The molecule has 0 saturated carbocycles. The summed E-state index contributed by atoms with van der Waals surface area (Å²) in [5.41, 5.74) is 5.21. The third-order valence-electron chi connectivity index (χ3n) is 10.8. The number of likely N-dealkylation sites (N-methyl/N-ethyl adjacent to an activating group) is 1. The van der Waals surface area contributed by atoms with E-state index in [0.717, 1.165) is 38.9 Å². The third kappa shape index (κ3) is 14.0. The van der Waals surface area contributed by atoms with Crippen LogP contribution in [0.5, 0.6) is 0 Å². The van der Waals surface area contributed by atoms with Crippen molar-refractivity contribution in [3.63, 3.8) is 0 Å². The normalized spacial score (nSPS) is 17.0. The Balaban J connectivity index is 0.000000270. The molecular weight excluding hydrogens is 619 g/mol. The molecule has 2 atom stereocenters. The van der Waals surface area contributed by atoms with Gasteiger partial charge in [0.05, 0.1) is 5.92 Å². The topological polar surface area (TPSA) is 76.6 Å². The van der Waals surface area contributed by atoms with Crippen LogP contribution < -0.4 is 0 Å². The van der Waals surface area contributed by atoms with Crippen LogP contribution in [0.3, 0.4) is 0 Å². The first-order chi connectivity index (χ1) is 24.4. The highest BCUT2D eigenvalue weighted by Gasteiger charge is 2.36. The molecular formula is C44H71N3O3. The Bertz CT molecular complexity index is 1310. The zero-order valence-corrected chi connectivity index (χ0v) is 32.3. The maximum absolute atomic E-state index is 12.9. The number of carbonyl (C=O) groups is 2. The molecule has 6 nitrogen and oxygen atoms in total. The highest BCUT2D eigenvalue weighted by molar-refractivity contribution is 5.99. The van der Waals surface area contributed by atoms with E-state index in [4.69, 9.17) is 5.11 Å². The zero-order chi connectivity index (χ0) is 36.0. The highest BCUT2D eigenvalue weighted by atomic mass is 16.4. The highest BCUT2D eigenvalue weighted by Crippen LogP contribution is 2.41. The number of nitrogens with one attached hydrogen (secondary N) is 1. The number of fused-ring (bicyclic) bond motifs is 2. The molecule has 1 aliphatic carbocycles. The van der Waals surface area contributed by atoms with Crippen LogP contribution in [-0.2, 0) is 16.0 Å². The minimum Gasteiger partial charge on any atom is -0.481 e. The molecule has 2 aliphatic rings. The molecule has 0 fully saturated rings. The number of rotatable bonds is 24. The van der Waals surface area contributed by atoms with Crippen molar-refractivity contribution in [3.8, 4) is 0 Å². The first-order valence-corrected chi connectivity index (χ1v) is 20.6. The van der Waals surface area contributed by atoms with Crippen molar-refractivity contribution in [3.05, 3.63) is 53.8 Å². The Morgan fingerprint density at radius 2 is 1.38 bits per heavy atom. The molecule has 6 heteroatoms. The van der Waals surface area contributed by atoms with E-state index < -0.39 is 5.97 Å². The van der Waals surface area contributed by atoms with E-state index in [1.54, 1.807) is 0 Å². The second-order valence-corrected chi connectivity index (χ2v) is 14.8. The fraction of sp³-hybridized carbons (Fsp3) is 0.682. The van der Waals surface area contributed by atoms with Gasteiger partial charge < -0.3 is 15.0 Å². The lowest BCUT2D eigenvalue weighted by Crippen LogP contribution is -2.47. The van der Waals surface area contributed by atoms with E-state index in [0.29, 0.717) is 12.5 Å². The molecule has 0 radical (unpaired) electrons. The first-order valence-electron chi connectivity index (χ1n) is 20.6. The van der Waals surface area contributed by atoms with Crippen LogP contribution in [0.2, 0.25) is 0 Å². The predicted molar refractivity (Wildman–Crippen MR) is 213 cm³/mol. The fourth-order valence-electron chi connectivity index (χ4n) is 7.78. The van der Waals surface area contributed by atoms with Crippen LogP contribution in [0.4, 0.5) is 0 Å². The smallest absolute Gasteiger partial charge is 0.303 e. The summed E-state index contributed by atoms with van der Waals surface area (Å²) in [6, 6.07) is 6.82. The average Bonchev–Trinajstić information content (AvgIpc) is 3.54. The molecule has 2 aromatic rings. The predicted octanol–water partition coefficient (Wildman–Crippen LogP) is 11.4. The van der Waals surface area contributed by atoms with Gasteiger partial charge in [-0.1, -0.05) is 127 Å². The first kappa shape index (κ1) is 41.6. The molecule has 0 unspecified atom stereocenters. The van der Waals surface area contributed by atoms with E-state index in [9.17, 15) is 9.59 Å². The molecule has 50 heavy (non-hydrogen) atoms. The SMILES string of the molecule is CCCCCCCC/C=C\CCCCCCCCCCCCCC(=O)O.CCN(CC)C(=O)[C@@H]1C=C2c3cccc4[nH]cc(c34)C[C@H]2N(C)C1. The molecule has 1 aromatic carbocycles. The van der Waals surface area contributed by atoms with Crippen molar-refractivity contribution in [2.45, 2.75) is 162 Å². The van der Waals surface area contributed by atoms with Gasteiger partial charge in [0.15, 0.2) is 0 Å². The van der Waals surface area contributed by atoms with E-state index >= 15 is 0 Å². The van der Waals surface area contributed by atoms with Gasteiger partial charge in [-0.05, 0) is 82.2 Å².